The van der Waals surface area contributed by atoms with Crippen molar-refractivity contribution in [3.8, 4) is 0 Å². The lowest BCUT2D eigenvalue weighted by molar-refractivity contribution is 0.150. The summed E-state index contributed by atoms with van der Waals surface area (Å²) in [5.74, 6) is 0.864. The summed E-state index contributed by atoms with van der Waals surface area (Å²) in [6, 6.07) is 0.573. The molecule has 0 amide bonds. The highest BCUT2D eigenvalue weighted by molar-refractivity contribution is 4.90. The molecule has 2 N–H and O–H groups in total. The maximum Gasteiger partial charge on any atom is 0.0610 e. The molecular weight excluding hydrogens is 162 g/mol. The maximum atomic E-state index is 9.30. The molecule has 0 aromatic heterocycles. The smallest absolute Gasteiger partial charge is 0.0610 e. The second-order valence-electron chi connectivity index (χ2n) is 4.74. The molecule has 1 fully saturated rings. The summed E-state index contributed by atoms with van der Waals surface area (Å²) < 4.78 is 0. The van der Waals surface area contributed by atoms with Crippen LogP contribution < -0.4 is 5.32 Å². The van der Waals surface area contributed by atoms with E-state index in [4.69, 9.17) is 0 Å². The van der Waals surface area contributed by atoms with Crippen molar-refractivity contribution in [3.63, 3.8) is 0 Å². The van der Waals surface area contributed by atoms with Crippen LogP contribution in [-0.2, 0) is 0 Å². The number of aliphatic hydroxyl groups excluding tert-OH is 1. The molecule has 0 saturated heterocycles. The number of hydrogen-bond acceptors (Lipinski definition) is 2. The Morgan fingerprint density at radius 3 is 2.54 bits per heavy atom. The summed E-state index contributed by atoms with van der Waals surface area (Å²) >= 11 is 0. The Balaban J connectivity index is 2.36. The Bertz CT molecular complexity index is 156. The summed E-state index contributed by atoms with van der Waals surface area (Å²) in [5.41, 5.74) is -0.0588. The van der Waals surface area contributed by atoms with Gasteiger partial charge in [-0.05, 0) is 39.0 Å². The predicted octanol–water partition coefficient (Wildman–Crippen LogP) is 1.93. The van der Waals surface area contributed by atoms with Crippen LogP contribution in [0.25, 0.3) is 0 Å². The van der Waals surface area contributed by atoms with Gasteiger partial charge in [0, 0.05) is 11.6 Å². The Labute approximate surface area is 81.7 Å². The third-order valence-corrected chi connectivity index (χ3v) is 3.06. The predicted molar refractivity (Wildman–Crippen MR) is 55.7 cm³/mol. The normalized spacial score (nSPS) is 24.0. The largest absolute Gasteiger partial charge is 0.394 e. The van der Waals surface area contributed by atoms with Crippen molar-refractivity contribution in [2.45, 2.75) is 58.0 Å². The van der Waals surface area contributed by atoms with Gasteiger partial charge in [-0.2, -0.15) is 0 Å². The fourth-order valence-corrected chi connectivity index (χ4v) is 2.01. The van der Waals surface area contributed by atoms with Crippen LogP contribution in [-0.4, -0.2) is 23.3 Å². The van der Waals surface area contributed by atoms with Crippen LogP contribution in [0.15, 0.2) is 0 Å². The molecule has 78 valence electrons. The lowest BCUT2D eigenvalue weighted by Gasteiger charge is -2.32. The highest BCUT2D eigenvalue weighted by Gasteiger charge is 2.32. The van der Waals surface area contributed by atoms with Gasteiger partial charge in [-0.3, -0.25) is 0 Å². The van der Waals surface area contributed by atoms with Crippen LogP contribution in [0.1, 0.15) is 46.5 Å². The Morgan fingerprint density at radius 1 is 1.54 bits per heavy atom. The van der Waals surface area contributed by atoms with Crippen molar-refractivity contribution in [2.24, 2.45) is 5.92 Å². The molecule has 2 unspecified atom stereocenters. The molecule has 0 heterocycles. The summed E-state index contributed by atoms with van der Waals surface area (Å²) in [6.07, 6.45) is 4.91. The molecule has 1 aliphatic rings. The van der Waals surface area contributed by atoms with E-state index in [1.165, 1.54) is 12.8 Å². The van der Waals surface area contributed by atoms with E-state index in [1.54, 1.807) is 0 Å². The zero-order chi connectivity index (χ0) is 9.90. The van der Waals surface area contributed by atoms with Gasteiger partial charge in [0.2, 0.25) is 0 Å². The van der Waals surface area contributed by atoms with Gasteiger partial charge in [0.1, 0.15) is 0 Å². The van der Waals surface area contributed by atoms with Gasteiger partial charge in [-0.15, -0.1) is 0 Å². The first-order valence-electron chi connectivity index (χ1n) is 5.50. The Morgan fingerprint density at radius 2 is 2.15 bits per heavy atom. The Kier molecular flexibility index (Phi) is 3.74. The zero-order valence-corrected chi connectivity index (χ0v) is 9.14. The van der Waals surface area contributed by atoms with Gasteiger partial charge in [0.15, 0.2) is 0 Å². The number of aliphatic hydroxyl groups is 1. The van der Waals surface area contributed by atoms with Gasteiger partial charge >= 0.3 is 0 Å². The van der Waals surface area contributed by atoms with Gasteiger partial charge in [-0.25, -0.2) is 0 Å². The number of nitrogens with one attached hydrogen (secondary N) is 1. The quantitative estimate of drug-likeness (QED) is 0.662. The van der Waals surface area contributed by atoms with Crippen molar-refractivity contribution in [2.75, 3.05) is 6.61 Å². The fourth-order valence-electron chi connectivity index (χ4n) is 2.01. The second-order valence-corrected chi connectivity index (χ2v) is 4.74. The van der Waals surface area contributed by atoms with Crippen molar-refractivity contribution < 1.29 is 5.11 Å². The first kappa shape index (κ1) is 11.0. The van der Waals surface area contributed by atoms with E-state index in [2.05, 4.69) is 26.1 Å². The number of rotatable bonds is 6. The molecule has 0 aromatic carbocycles. The molecular formula is C11H23NO. The van der Waals surface area contributed by atoms with Crippen LogP contribution in [0, 0.1) is 5.92 Å². The van der Waals surface area contributed by atoms with Crippen molar-refractivity contribution in [3.05, 3.63) is 0 Å². The summed E-state index contributed by atoms with van der Waals surface area (Å²) in [6.45, 7) is 6.77. The molecule has 1 aliphatic carbocycles. The van der Waals surface area contributed by atoms with Gasteiger partial charge < -0.3 is 10.4 Å². The average molecular weight is 185 g/mol. The molecule has 2 heteroatoms. The van der Waals surface area contributed by atoms with Gasteiger partial charge in [0.05, 0.1) is 6.61 Å². The second kappa shape index (κ2) is 4.43. The lowest BCUT2D eigenvalue weighted by atomic mass is 9.95. The fraction of sp³-hybridized carbons (Fsp3) is 1.00. The van der Waals surface area contributed by atoms with Crippen LogP contribution in [0.5, 0.6) is 0 Å². The van der Waals surface area contributed by atoms with Gasteiger partial charge in [0.25, 0.3) is 0 Å². The van der Waals surface area contributed by atoms with Crippen molar-refractivity contribution in [1.29, 1.82) is 0 Å². The van der Waals surface area contributed by atoms with E-state index in [9.17, 15) is 5.11 Å². The lowest BCUT2D eigenvalue weighted by Crippen LogP contribution is -2.50. The first-order valence-corrected chi connectivity index (χ1v) is 5.50. The minimum absolute atomic E-state index is 0.0588. The van der Waals surface area contributed by atoms with Crippen LogP contribution >= 0.6 is 0 Å². The van der Waals surface area contributed by atoms with E-state index >= 15 is 0 Å². The highest BCUT2D eigenvalue weighted by Crippen LogP contribution is 2.33. The SMILES string of the molecule is CCCC(C)(CO)NC(C)C1CC1. The van der Waals surface area contributed by atoms with E-state index < -0.39 is 0 Å². The van der Waals surface area contributed by atoms with Crippen molar-refractivity contribution in [1.82, 2.24) is 5.32 Å². The van der Waals surface area contributed by atoms with Gasteiger partial charge in [-0.1, -0.05) is 13.3 Å². The molecule has 0 spiro atoms. The monoisotopic (exact) mass is 185 g/mol. The van der Waals surface area contributed by atoms with Crippen LogP contribution in [0.4, 0.5) is 0 Å². The topological polar surface area (TPSA) is 32.3 Å². The zero-order valence-electron chi connectivity index (χ0n) is 9.14. The molecule has 2 nitrogen and oxygen atoms in total. The van der Waals surface area contributed by atoms with E-state index in [0.717, 1.165) is 18.8 Å². The minimum atomic E-state index is -0.0588. The molecule has 0 bridgehead atoms. The minimum Gasteiger partial charge on any atom is -0.394 e. The highest BCUT2D eigenvalue weighted by atomic mass is 16.3. The average Bonchev–Trinajstić information content (AvgIpc) is 2.87. The number of hydrogen-bond donors (Lipinski definition) is 2. The van der Waals surface area contributed by atoms with E-state index in [-0.39, 0.29) is 12.1 Å². The summed E-state index contributed by atoms with van der Waals surface area (Å²) in [5, 5.41) is 12.9. The molecule has 13 heavy (non-hydrogen) atoms. The molecule has 0 radical (unpaired) electrons. The third-order valence-electron chi connectivity index (χ3n) is 3.06. The molecule has 1 rings (SSSR count). The standard InChI is InChI=1S/C11H23NO/c1-4-7-11(3,8-13)12-9(2)10-5-6-10/h9-10,12-13H,4-8H2,1-3H3. The van der Waals surface area contributed by atoms with Crippen LogP contribution in [0.3, 0.4) is 0 Å². The summed E-state index contributed by atoms with van der Waals surface area (Å²) in [7, 11) is 0. The molecule has 0 aliphatic heterocycles. The molecule has 2 atom stereocenters. The van der Waals surface area contributed by atoms with E-state index in [0.29, 0.717) is 6.04 Å². The van der Waals surface area contributed by atoms with E-state index in [1.807, 2.05) is 0 Å². The first-order chi connectivity index (χ1) is 6.11. The van der Waals surface area contributed by atoms with Crippen LogP contribution in [0.2, 0.25) is 0 Å². The third kappa shape index (κ3) is 3.28. The molecule has 0 aromatic rings. The summed E-state index contributed by atoms with van der Waals surface area (Å²) in [4.78, 5) is 0. The maximum absolute atomic E-state index is 9.30. The Hall–Kier alpha value is -0.0800. The van der Waals surface area contributed by atoms with Crippen molar-refractivity contribution >= 4 is 0 Å². The molecule has 1 saturated carbocycles.